The fraction of sp³-hybridized carbons (Fsp3) is 0.538. The van der Waals surface area contributed by atoms with Crippen molar-refractivity contribution >= 4 is 0 Å². The molecule has 2 atom stereocenters. The van der Waals surface area contributed by atoms with Crippen molar-refractivity contribution in [2.24, 2.45) is 0 Å². The Morgan fingerprint density at radius 3 is 2.72 bits per heavy atom. The second-order valence-corrected chi connectivity index (χ2v) is 4.24. The van der Waals surface area contributed by atoms with Gasteiger partial charge in [0.15, 0.2) is 11.6 Å². The molecule has 102 valence electrons. The van der Waals surface area contributed by atoms with E-state index in [1.807, 2.05) is 0 Å². The van der Waals surface area contributed by atoms with Crippen LogP contribution in [-0.4, -0.2) is 42.1 Å². The first-order valence-electron chi connectivity index (χ1n) is 6.03. The number of aliphatic hydroxyl groups is 2. The van der Waals surface area contributed by atoms with Crippen LogP contribution in [0.15, 0.2) is 24.3 Å². The van der Waals surface area contributed by atoms with Gasteiger partial charge in [0.2, 0.25) is 0 Å². The lowest BCUT2D eigenvalue weighted by atomic mass is 10.3. The number of nitrogens with one attached hydrogen (secondary N) is 1. The number of benzene rings is 1. The molecule has 0 aromatic heterocycles. The molecule has 0 fully saturated rings. The van der Waals surface area contributed by atoms with Crippen LogP contribution in [0.2, 0.25) is 0 Å². The topological polar surface area (TPSA) is 61.7 Å². The molecule has 0 amide bonds. The normalized spacial score (nSPS) is 14.2. The largest absolute Gasteiger partial charge is 0.488 e. The number of aliphatic hydroxyl groups excluding tert-OH is 2. The Balaban J connectivity index is 2.17. The van der Waals surface area contributed by atoms with Crippen molar-refractivity contribution in [2.45, 2.75) is 25.6 Å². The van der Waals surface area contributed by atoms with Gasteiger partial charge in [-0.15, -0.1) is 0 Å². The molecule has 5 heteroatoms. The molecule has 0 bridgehead atoms. The fourth-order valence-electron chi connectivity index (χ4n) is 1.39. The Hall–Kier alpha value is -1.17. The molecule has 0 aliphatic heterocycles. The van der Waals surface area contributed by atoms with Gasteiger partial charge < -0.3 is 20.3 Å². The fourth-order valence-corrected chi connectivity index (χ4v) is 1.39. The summed E-state index contributed by atoms with van der Waals surface area (Å²) in [5.41, 5.74) is 0. The smallest absolute Gasteiger partial charge is 0.165 e. The van der Waals surface area contributed by atoms with E-state index in [1.54, 1.807) is 19.1 Å². The minimum absolute atomic E-state index is 0.0304. The minimum Gasteiger partial charge on any atom is -0.488 e. The number of hydrogen-bond acceptors (Lipinski definition) is 4. The third kappa shape index (κ3) is 5.95. The molecule has 3 N–H and O–H groups in total. The van der Waals surface area contributed by atoms with Crippen LogP contribution in [0.4, 0.5) is 4.39 Å². The number of hydrogen-bond donors (Lipinski definition) is 3. The summed E-state index contributed by atoms with van der Waals surface area (Å²) in [5.74, 6) is -0.299. The molecule has 4 nitrogen and oxygen atoms in total. The summed E-state index contributed by atoms with van der Waals surface area (Å²) in [6, 6.07) is 6.08. The van der Waals surface area contributed by atoms with E-state index in [1.165, 1.54) is 12.1 Å². The number of ether oxygens (including phenoxy) is 1. The summed E-state index contributed by atoms with van der Waals surface area (Å²) in [5, 5.41) is 21.6. The van der Waals surface area contributed by atoms with Crippen molar-refractivity contribution in [3.8, 4) is 5.75 Å². The van der Waals surface area contributed by atoms with Gasteiger partial charge in [-0.3, -0.25) is 0 Å². The zero-order valence-electron chi connectivity index (χ0n) is 10.5. The van der Waals surface area contributed by atoms with E-state index in [0.717, 1.165) is 0 Å². The highest BCUT2D eigenvalue weighted by Gasteiger charge is 2.07. The summed E-state index contributed by atoms with van der Waals surface area (Å²) in [6.07, 6.45) is -0.441. The maximum absolute atomic E-state index is 13.2. The van der Waals surface area contributed by atoms with Gasteiger partial charge in [-0.25, -0.2) is 4.39 Å². The third-order valence-corrected chi connectivity index (χ3v) is 2.39. The molecular weight excluding hydrogens is 237 g/mol. The Morgan fingerprint density at radius 2 is 2.06 bits per heavy atom. The van der Waals surface area contributed by atoms with E-state index in [-0.39, 0.29) is 18.5 Å². The van der Waals surface area contributed by atoms with Crippen LogP contribution in [-0.2, 0) is 0 Å². The van der Waals surface area contributed by atoms with E-state index in [9.17, 15) is 9.50 Å². The van der Waals surface area contributed by atoms with Crippen molar-refractivity contribution in [3.05, 3.63) is 30.1 Å². The van der Waals surface area contributed by atoms with Gasteiger partial charge in [-0.2, -0.15) is 0 Å². The van der Waals surface area contributed by atoms with Crippen molar-refractivity contribution in [1.29, 1.82) is 0 Å². The summed E-state index contributed by atoms with van der Waals surface area (Å²) in [7, 11) is 0. The Morgan fingerprint density at radius 1 is 1.33 bits per heavy atom. The Labute approximate surface area is 106 Å². The molecule has 1 aromatic carbocycles. The number of para-hydroxylation sites is 1. The van der Waals surface area contributed by atoms with Crippen LogP contribution in [0.1, 0.15) is 13.3 Å². The molecule has 0 saturated carbocycles. The summed E-state index contributed by atoms with van der Waals surface area (Å²) < 4.78 is 18.3. The molecule has 18 heavy (non-hydrogen) atoms. The molecule has 0 saturated heterocycles. The number of halogens is 1. The van der Waals surface area contributed by atoms with Gasteiger partial charge in [0, 0.05) is 6.54 Å². The number of rotatable bonds is 8. The van der Waals surface area contributed by atoms with Gasteiger partial charge in [0.05, 0.1) is 6.10 Å². The first-order valence-corrected chi connectivity index (χ1v) is 6.03. The van der Waals surface area contributed by atoms with Crippen molar-refractivity contribution in [2.75, 3.05) is 19.7 Å². The van der Waals surface area contributed by atoms with Gasteiger partial charge in [-0.05, 0) is 32.0 Å². The van der Waals surface area contributed by atoms with Crippen LogP contribution in [0.5, 0.6) is 5.75 Å². The highest BCUT2D eigenvalue weighted by Crippen LogP contribution is 2.15. The van der Waals surface area contributed by atoms with Crippen LogP contribution in [0, 0.1) is 5.82 Å². The molecule has 0 aliphatic carbocycles. The molecule has 1 rings (SSSR count). The second-order valence-electron chi connectivity index (χ2n) is 4.24. The standard InChI is InChI=1S/C13H20FNO3/c1-10(16)6-7-15-8-11(17)9-18-13-5-3-2-4-12(13)14/h2-5,10-11,15-17H,6-9H2,1H3. The second kappa shape index (κ2) is 8.02. The van der Waals surface area contributed by atoms with Crippen molar-refractivity contribution in [1.82, 2.24) is 5.32 Å². The van der Waals surface area contributed by atoms with E-state index < -0.39 is 11.9 Å². The average molecular weight is 257 g/mol. The molecule has 0 radical (unpaired) electrons. The van der Waals surface area contributed by atoms with Gasteiger partial charge in [-0.1, -0.05) is 12.1 Å². The third-order valence-electron chi connectivity index (χ3n) is 2.39. The van der Waals surface area contributed by atoms with Crippen LogP contribution in [0.3, 0.4) is 0 Å². The lowest BCUT2D eigenvalue weighted by molar-refractivity contribution is 0.102. The first kappa shape index (κ1) is 14.9. The lowest BCUT2D eigenvalue weighted by Crippen LogP contribution is -2.32. The van der Waals surface area contributed by atoms with Crippen molar-refractivity contribution < 1.29 is 19.3 Å². The Bertz CT molecular complexity index is 347. The predicted octanol–water partition coefficient (Wildman–Crippen LogP) is 0.926. The van der Waals surface area contributed by atoms with E-state index in [4.69, 9.17) is 9.84 Å². The van der Waals surface area contributed by atoms with Gasteiger partial charge in [0.25, 0.3) is 0 Å². The predicted molar refractivity (Wildman–Crippen MR) is 67.1 cm³/mol. The monoisotopic (exact) mass is 257 g/mol. The minimum atomic E-state index is -0.710. The molecule has 0 heterocycles. The molecule has 2 unspecified atom stereocenters. The summed E-state index contributed by atoms with van der Waals surface area (Å²) in [4.78, 5) is 0. The SMILES string of the molecule is CC(O)CCNCC(O)COc1ccccc1F. The molecular formula is C13H20FNO3. The van der Waals surface area contributed by atoms with Crippen LogP contribution in [0.25, 0.3) is 0 Å². The summed E-state index contributed by atoms with van der Waals surface area (Å²) in [6.45, 7) is 2.71. The van der Waals surface area contributed by atoms with E-state index in [0.29, 0.717) is 19.5 Å². The van der Waals surface area contributed by atoms with E-state index >= 15 is 0 Å². The van der Waals surface area contributed by atoms with Crippen LogP contribution >= 0.6 is 0 Å². The maximum Gasteiger partial charge on any atom is 0.165 e. The highest BCUT2D eigenvalue weighted by molar-refractivity contribution is 5.23. The Kier molecular flexibility index (Phi) is 6.64. The lowest BCUT2D eigenvalue weighted by Gasteiger charge is -2.14. The quantitative estimate of drug-likeness (QED) is 0.606. The van der Waals surface area contributed by atoms with Crippen molar-refractivity contribution in [3.63, 3.8) is 0 Å². The van der Waals surface area contributed by atoms with Gasteiger partial charge in [0.1, 0.15) is 12.7 Å². The summed E-state index contributed by atoms with van der Waals surface area (Å²) >= 11 is 0. The van der Waals surface area contributed by atoms with E-state index in [2.05, 4.69) is 5.32 Å². The zero-order valence-corrected chi connectivity index (χ0v) is 10.5. The maximum atomic E-state index is 13.2. The average Bonchev–Trinajstić information content (AvgIpc) is 2.33. The zero-order chi connectivity index (χ0) is 13.4. The molecule has 1 aromatic rings. The molecule has 0 aliphatic rings. The first-order chi connectivity index (χ1) is 8.59. The van der Waals surface area contributed by atoms with Gasteiger partial charge >= 0.3 is 0 Å². The molecule has 0 spiro atoms. The van der Waals surface area contributed by atoms with Crippen LogP contribution < -0.4 is 10.1 Å². The highest BCUT2D eigenvalue weighted by atomic mass is 19.1.